The number of hydrogen-bond acceptors (Lipinski definition) is 2. The van der Waals surface area contributed by atoms with E-state index in [1.807, 2.05) is 0 Å². The molecule has 1 atom stereocenters. The average Bonchev–Trinajstić information content (AvgIpc) is 2.65. The predicted molar refractivity (Wildman–Crippen MR) is 74.3 cm³/mol. The van der Waals surface area contributed by atoms with Crippen LogP contribution in [0.1, 0.15) is 51.9 Å². The minimum atomic E-state index is 0.600. The van der Waals surface area contributed by atoms with E-state index in [9.17, 15) is 0 Å². The predicted octanol–water partition coefficient (Wildman–Crippen LogP) is 2.89. The van der Waals surface area contributed by atoms with Gasteiger partial charge in [-0.05, 0) is 63.6 Å². The van der Waals surface area contributed by atoms with Gasteiger partial charge in [0.2, 0.25) is 0 Å². The summed E-state index contributed by atoms with van der Waals surface area (Å²) in [5.74, 6) is 0.948. The summed E-state index contributed by atoms with van der Waals surface area (Å²) < 4.78 is 0. The molecule has 2 nitrogen and oxygen atoms in total. The van der Waals surface area contributed by atoms with Crippen LogP contribution < -0.4 is 5.32 Å². The maximum Gasteiger partial charge on any atom is 0.00501 e. The summed E-state index contributed by atoms with van der Waals surface area (Å²) in [7, 11) is 2.12. The second-order valence-corrected chi connectivity index (χ2v) is 6.55. The molecule has 0 spiro atoms. The molecule has 1 saturated carbocycles. The Hall–Kier alpha value is -0.0800. The smallest absolute Gasteiger partial charge is 0.00501 e. The van der Waals surface area contributed by atoms with Gasteiger partial charge in [0, 0.05) is 13.1 Å². The molecule has 0 aromatic carbocycles. The minimum Gasteiger partial charge on any atom is -0.319 e. The van der Waals surface area contributed by atoms with Gasteiger partial charge in [0.05, 0.1) is 0 Å². The van der Waals surface area contributed by atoms with E-state index in [1.54, 1.807) is 0 Å². The fourth-order valence-electron chi connectivity index (χ4n) is 3.85. The summed E-state index contributed by atoms with van der Waals surface area (Å²) in [5.41, 5.74) is 0.600. The lowest BCUT2D eigenvalue weighted by Gasteiger charge is -2.35. The highest BCUT2D eigenvalue weighted by molar-refractivity contribution is 4.89. The first-order valence-corrected chi connectivity index (χ1v) is 7.61. The average molecular weight is 238 g/mol. The summed E-state index contributed by atoms with van der Waals surface area (Å²) >= 11 is 0. The van der Waals surface area contributed by atoms with Gasteiger partial charge in [-0.3, -0.25) is 0 Å². The second kappa shape index (κ2) is 6.19. The maximum absolute atomic E-state index is 3.44. The minimum absolute atomic E-state index is 0.600. The lowest BCUT2D eigenvalue weighted by atomic mass is 9.85. The van der Waals surface area contributed by atoms with Crippen LogP contribution in [0.2, 0.25) is 0 Å². The Labute approximate surface area is 107 Å². The summed E-state index contributed by atoms with van der Waals surface area (Å²) in [6.45, 7) is 7.67. The van der Waals surface area contributed by atoms with Gasteiger partial charge >= 0.3 is 0 Å². The molecule has 2 fully saturated rings. The van der Waals surface area contributed by atoms with Crippen molar-refractivity contribution in [2.24, 2.45) is 11.3 Å². The van der Waals surface area contributed by atoms with E-state index in [4.69, 9.17) is 0 Å². The van der Waals surface area contributed by atoms with E-state index in [2.05, 4.69) is 24.2 Å². The van der Waals surface area contributed by atoms with Crippen molar-refractivity contribution < 1.29 is 0 Å². The molecule has 1 N–H and O–H groups in total. The van der Waals surface area contributed by atoms with Crippen molar-refractivity contribution in [3.63, 3.8) is 0 Å². The zero-order valence-electron chi connectivity index (χ0n) is 11.8. The first-order chi connectivity index (χ1) is 8.24. The van der Waals surface area contributed by atoms with Crippen LogP contribution >= 0.6 is 0 Å². The molecule has 0 aromatic rings. The Morgan fingerprint density at radius 2 is 1.88 bits per heavy atom. The second-order valence-electron chi connectivity index (χ2n) is 6.55. The highest BCUT2D eigenvalue weighted by Crippen LogP contribution is 2.38. The van der Waals surface area contributed by atoms with Crippen molar-refractivity contribution in [2.45, 2.75) is 51.9 Å². The van der Waals surface area contributed by atoms with E-state index < -0.39 is 0 Å². The molecule has 0 radical (unpaired) electrons. The third-order valence-corrected chi connectivity index (χ3v) is 4.88. The molecule has 0 bridgehead atoms. The van der Waals surface area contributed by atoms with Gasteiger partial charge in [-0.15, -0.1) is 0 Å². The first kappa shape index (κ1) is 13.4. The van der Waals surface area contributed by atoms with Crippen molar-refractivity contribution in [3.8, 4) is 0 Å². The van der Waals surface area contributed by atoms with Gasteiger partial charge in [-0.1, -0.05) is 19.8 Å². The molecular formula is C15H30N2. The molecular weight excluding hydrogens is 208 g/mol. The van der Waals surface area contributed by atoms with Crippen LogP contribution in [0.5, 0.6) is 0 Å². The van der Waals surface area contributed by atoms with Crippen LogP contribution in [0.25, 0.3) is 0 Å². The molecule has 1 aliphatic heterocycles. The third-order valence-electron chi connectivity index (χ3n) is 4.88. The summed E-state index contributed by atoms with van der Waals surface area (Å²) in [6, 6.07) is 0. The Morgan fingerprint density at radius 1 is 1.12 bits per heavy atom. The van der Waals surface area contributed by atoms with Crippen molar-refractivity contribution >= 4 is 0 Å². The third kappa shape index (κ3) is 3.69. The molecule has 2 rings (SSSR count). The molecule has 2 heteroatoms. The molecule has 100 valence electrons. The molecule has 17 heavy (non-hydrogen) atoms. The van der Waals surface area contributed by atoms with E-state index in [-0.39, 0.29) is 0 Å². The van der Waals surface area contributed by atoms with Gasteiger partial charge in [0.25, 0.3) is 0 Å². The lowest BCUT2D eigenvalue weighted by Crippen LogP contribution is -2.42. The standard InChI is InChI=1S/C15H30N2/c1-14-6-5-10-17(11-7-14)13-15(12-16-2)8-3-4-9-15/h14,16H,3-13H2,1-2H3. The van der Waals surface area contributed by atoms with Gasteiger partial charge in [-0.2, -0.15) is 0 Å². The van der Waals surface area contributed by atoms with Crippen molar-refractivity contribution in [1.82, 2.24) is 10.2 Å². The lowest BCUT2D eigenvalue weighted by molar-refractivity contribution is 0.153. The van der Waals surface area contributed by atoms with Gasteiger partial charge in [0.1, 0.15) is 0 Å². The zero-order valence-corrected chi connectivity index (χ0v) is 11.8. The number of likely N-dealkylation sites (tertiary alicyclic amines) is 1. The van der Waals surface area contributed by atoms with Gasteiger partial charge in [0.15, 0.2) is 0 Å². The fourth-order valence-corrected chi connectivity index (χ4v) is 3.85. The highest BCUT2D eigenvalue weighted by atomic mass is 15.1. The van der Waals surface area contributed by atoms with Crippen LogP contribution in [0, 0.1) is 11.3 Å². The monoisotopic (exact) mass is 238 g/mol. The Morgan fingerprint density at radius 3 is 2.59 bits per heavy atom. The van der Waals surface area contributed by atoms with Crippen LogP contribution in [0.3, 0.4) is 0 Å². The highest BCUT2D eigenvalue weighted by Gasteiger charge is 2.35. The van der Waals surface area contributed by atoms with Crippen molar-refractivity contribution in [2.75, 3.05) is 33.2 Å². The van der Waals surface area contributed by atoms with Crippen molar-refractivity contribution in [1.29, 1.82) is 0 Å². The fraction of sp³-hybridized carbons (Fsp3) is 1.00. The SMILES string of the molecule is CNCC1(CN2CCCC(C)CC2)CCCC1. The topological polar surface area (TPSA) is 15.3 Å². The van der Waals surface area contributed by atoms with E-state index in [1.165, 1.54) is 71.1 Å². The Balaban J connectivity index is 1.88. The Kier molecular flexibility index (Phi) is 4.87. The molecule has 1 saturated heterocycles. The van der Waals surface area contributed by atoms with Crippen LogP contribution in [0.15, 0.2) is 0 Å². The van der Waals surface area contributed by atoms with Crippen molar-refractivity contribution in [3.05, 3.63) is 0 Å². The summed E-state index contributed by atoms with van der Waals surface area (Å²) in [4.78, 5) is 2.76. The first-order valence-electron chi connectivity index (χ1n) is 7.61. The molecule has 2 aliphatic rings. The van der Waals surface area contributed by atoms with Crippen LogP contribution in [0.4, 0.5) is 0 Å². The van der Waals surface area contributed by atoms with E-state index >= 15 is 0 Å². The summed E-state index contributed by atoms with van der Waals surface area (Å²) in [6.07, 6.45) is 10.1. The Bertz CT molecular complexity index is 221. The normalized spacial score (nSPS) is 30.4. The zero-order chi connectivity index (χ0) is 12.1. The molecule has 1 unspecified atom stereocenters. The molecule has 1 aliphatic carbocycles. The largest absolute Gasteiger partial charge is 0.319 e. The van der Waals surface area contributed by atoms with Crippen LogP contribution in [-0.2, 0) is 0 Å². The number of hydrogen-bond donors (Lipinski definition) is 1. The summed E-state index contributed by atoms with van der Waals surface area (Å²) in [5, 5.41) is 3.44. The quantitative estimate of drug-likeness (QED) is 0.810. The molecule has 1 heterocycles. The van der Waals surface area contributed by atoms with E-state index in [0.717, 1.165) is 5.92 Å². The number of rotatable bonds is 4. The van der Waals surface area contributed by atoms with E-state index in [0.29, 0.717) is 5.41 Å². The number of nitrogens with zero attached hydrogens (tertiary/aromatic N) is 1. The maximum atomic E-state index is 3.44. The molecule has 0 aromatic heterocycles. The molecule has 0 amide bonds. The van der Waals surface area contributed by atoms with Gasteiger partial charge in [-0.25, -0.2) is 0 Å². The number of nitrogens with one attached hydrogen (secondary N) is 1. The van der Waals surface area contributed by atoms with Crippen LogP contribution in [-0.4, -0.2) is 38.1 Å². The van der Waals surface area contributed by atoms with Gasteiger partial charge < -0.3 is 10.2 Å².